The van der Waals surface area contributed by atoms with Crippen molar-refractivity contribution in [3.63, 3.8) is 0 Å². The Bertz CT molecular complexity index is 726. The third-order valence-electron chi connectivity index (χ3n) is 4.31. The van der Waals surface area contributed by atoms with Crippen LogP contribution in [0.5, 0.6) is 5.75 Å². The Kier molecular flexibility index (Phi) is 8.32. The first-order chi connectivity index (χ1) is 13.2. The van der Waals surface area contributed by atoms with Crippen molar-refractivity contribution in [3.8, 4) is 5.75 Å². The van der Waals surface area contributed by atoms with Gasteiger partial charge in [-0.3, -0.25) is 0 Å². The molecule has 0 spiro atoms. The number of carbonyl (C=O) groups excluding carboxylic acids is 1. The van der Waals surface area contributed by atoms with E-state index in [-0.39, 0.29) is 6.03 Å². The lowest BCUT2D eigenvalue weighted by Crippen LogP contribution is -2.28. The first-order valence-electron chi connectivity index (χ1n) is 9.21. The van der Waals surface area contributed by atoms with E-state index in [2.05, 4.69) is 34.6 Å². The van der Waals surface area contributed by atoms with E-state index in [0.29, 0.717) is 5.69 Å². The highest BCUT2D eigenvalue weighted by molar-refractivity contribution is 6.01. The number of hydrogen-bond donors (Lipinski definition) is 2. The standard InChI is InChI=1S/C21H28N4O2/c1-4-25(5-2)16-15-20(17-9-7-6-8-10-17)23-24-21(26)22-18-11-13-19(27-3)14-12-18/h6-14H,4-5,15-16H2,1-3H3,(H2,22,24,26)/b23-20-. The number of nitrogens with zero attached hydrogens (tertiary/aromatic N) is 2. The Morgan fingerprint density at radius 3 is 2.30 bits per heavy atom. The SMILES string of the molecule is CCN(CC)CC/C(=N/NC(=O)Nc1ccc(OC)cc1)c1ccccc1. The average Bonchev–Trinajstić information content (AvgIpc) is 2.72. The summed E-state index contributed by atoms with van der Waals surface area (Å²) in [5.74, 6) is 0.738. The van der Waals surface area contributed by atoms with Crippen molar-refractivity contribution in [1.82, 2.24) is 10.3 Å². The number of rotatable bonds is 9. The molecule has 0 aromatic heterocycles. The van der Waals surface area contributed by atoms with Gasteiger partial charge in [0, 0.05) is 18.7 Å². The summed E-state index contributed by atoms with van der Waals surface area (Å²) in [6.45, 7) is 7.16. The molecule has 6 nitrogen and oxygen atoms in total. The van der Waals surface area contributed by atoms with Gasteiger partial charge in [-0.05, 0) is 42.9 Å². The van der Waals surface area contributed by atoms with Crippen LogP contribution in [0.4, 0.5) is 10.5 Å². The van der Waals surface area contributed by atoms with Gasteiger partial charge in [0.2, 0.25) is 0 Å². The molecule has 2 aromatic carbocycles. The molecule has 2 N–H and O–H groups in total. The molecule has 2 amide bonds. The molecule has 27 heavy (non-hydrogen) atoms. The number of carbonyl (C=O) groups is 1. The van der Waals surface area contributed by atoms with Crippen LogP contribution < -0.4 is 15.5 Å². The van der Waals surface area contributed by atoms with Crippen LogP contribution in [0, 0.1) is 0 Å². The number of amides is 2. The predicted molar refractivity (Wildman–Crippen MR) is 111 cm³/mol. The summed E-state index contributed by atoms with van der Waals surface area (Å²) in [6, 6.07) is 16.7. The topological polar surface area (TPSA) is 66.0 Å². The Morgan fingerprint density at radius 1 is 1.04 bits per heavy atom. The van der Waals surface area contributed by atoms with Crippen molar-refractivity contribution in [2.75, 3.05) is 32.1 Å². The van der Waals surface area contributed by atoms with Gasteiger partial charge in [-0.25, -0.2) is 10.2 Å². The normalized spacial score (nSPS) is 11.3. The fourth-order valence-electron chi connectivity index (χ4n) is 2.65. The summed E-state index contributed by atoms with van der Waals surface area (Å²) in [5.41, 5.74) is 5.14. The Morgan fingerprint density at radius 2 is 1.70 bits per heavy atom. The minimum atomic E-state index is -0.378. The molecule has 0 aliphatic rings. The van der Waals surface area contributed by atoms with E-state index in [1.54, 1.807) is 31.4 Å². The minimum Gasteiger partial charge on any atom is -0.497 e. The number of hydrazone groups is 1. The van der Waals surface area contributed by atoms with Crippen LogP contribution in [0.2, 0.25) is 0 Å². The lowest BCUT2D eigenvalue weighted by atomic mass is 10.1. The zero-order chi connectivity index (χ0) is 19.5. The number of anilines is 1. The van der Waals surface area contributed by atoms with Crippen molar-refractivity contribution in [3.05, 3.63) is 60.2 Å². The molecular weight excluding hydrogens is 340 g/mol. The highest BCUT2D eigenvalue weighted by Gasteiger charge is 2.08. The fourth-order valence-corrected chi connectivity index (χ4v) is 2.65. The average molecular weight is 368 g/mol. The van der Waals surface area contributed by atoms with Gasteiger partial charge in [0.05, 0.1) is 12.8 Å². The maximum atomic E-state index is 12.2. The molecule has 0 aliphatic carbocycles. The van der Waals surface area contributed by atoms with E-state index in [9.17, 15) is 4.79 Å². The summed E-state index contributed by atoms with van der Waals surface area (Å²) in [4.78, 5) is 14.5. The third kappa shape index (κ3) is 6.75. The second-order valence-corrected chi connectivity index (χ2v) is 6.00. The lowest BCUT2D eigenvalue weighted by molar-refractivity contribution is 0.252. The van der Waals surface area contributed by atoms with Gasteiger partial charge in [-0.1, -0.05) is 44.2 Å². The van der Waals surface area contributed by atoms with E-state index in [1.165, 1.54) is 0 Å². The van der Waals surface area contributed by atoms with Gasteiger partial charge in [0.15, 0.2) is 0 Å². The van der Waals surface area contributed by atoms with E-state index < -0.39 is 0 Å². The summed E-state index contributed by atoms with van der Waals surface area (Å²) in [7, 11) is 1.60. The number of nitrogens with one attached hydrogen (secondary N) is 2. The molecule has 2 rings (SSSR count). The lowest BCUT2D eigenvalue weighted by Gasteiger charge is -2.18. The molecule has 0 saturated carbocycles. The smallest absolute Gasteiger partial charge is 0.339 e. The molecular formula is C21H28N4O2. The molecule has 0 saturated heterocycles. The van der Waals surface area contributed by atoms with E-state index in [0.717, 1.165) is 43.1 Å². The molecule has 0 atom stereocenters. The zero-order valence-corrected chi connectivity index (χ0v) is 16.2. The van der Waals surface area contributed by atoms with Crippen molar-refractivity contribution in [2.24, 2.45) is 5.10 Å². The fraction of sp³-hybridized carbons (Fsp3) is 0.333. The molecule has 0 radical (unpaired) electrons. The number of urea groups is 1. The molecule has 2 aromatic rings. The largest absolute Gasteiger partial charge is 0.497 e. The van der Waals surface area contributed by atoms with Gasteiger partial charge >= 0.3 is 6.03 Å². The van der Waals surface area contributed by atoms with E-state index in [4.69, 9.17) is 4.74 Å². The van der Waals surface area contributed by atoms with Gasteiger partial charge in [0.1, 0.15) is 5.75 Å². The third-order valence-corrected chi connectivity index (χ3v) is 4.31. The van der Waals surface area contributed by atoms with Crippen molar-refractivity contribution in [2.45, 2.75) is 20.3 Å². The maximum Gasteiger partial charge on any atom is 0.339 e. The van der Waals surface area contributed by atoms with Crippen LogP contribution in [-0.4, -0.2) is 43.4 Å². The predicted octanol–water partition coefficient (Wildman–Crippen LogP) is 3.95. The van der Waals surface area contributed by atoms with Crippen molar-refractivity contribution in [1.29, 1.82) is 0 Å². The van der Waals surface area contributed by atoms with Gasteiger partial charge < -0.3 is 15.0 Å². The monoisotopic (exact) mass is 368 g/mol. The van der Waals surface area contributed by atoms with Crippen molar-refractivity contribution >= 4 is 17.4 Å². The molecule has 0 bridgehead atoms. The minimum absolute atomic E-state index is 0.378. The van der Waals surface area contributed by atoms with Crippen LogP contribution in [0.1, 0.15) is 25.8 Å². The molecule has 6 heteroatoms. The number of methoxy groups -OCH3 is 1. The van der Waals surface area contributed by atoms with Crippen LogP contribution >= 0.6 is 0 Å². The Labute approximate surface area is 161 Å². The second kappa shape index (κ2) is 11.0. The van der Waals surface area contributed by atoms with Crippen LogP contribution in [-0.2, 0) is 0 Å². The highest BCUT2D eigenvalue weighted by atomic mass is 16.5. The molecule has 0 aliphatic heterocycles. The van der Waals surface area contributed by atoms with Crippen LogP contribution in [0.25, 0.3) is 0 Å². The molecule has 144 valence electrons. The molecule has 0 heterocycles. The molecule has 0 unspecified atom stereocenters. The quantitative estimate of drug-likeness (QED) is 0.520. The highest BCUT2D eigenvalue weighted by Crippen LogP contribution is 2.14. The summed E-state index contributed by atoms with van der Waals surface area (Å²) >= 11 is 0. The van der Waals surface area contributed by atoms with Crippen molar-refractivity contribution < 1.29 is 9.53 Å². The van der Waals surface area contributed by atoms with Gasteiger partial charge in [-0.2, -0.15) is 5.10 Å². The Balaban J connectivity index is 2.02. The number of ether oxygens (including phenoxy) is 1. The summed E-state index contributed by atoms with van der Waals surface area (Å²) in [5, 5.41) is 7.13. The van der Waals surface area contributed by atoms with Gasteiger partial charge in [0.25, 0.3) is 0 Å². The second-order valence-electron chi connectivity index (χ2n) is 6.00. The van der Waals surface area contributed by atoms with Gasteiger partial charge in [-0.15, -0.1) is 0 Å². The summed E-state index contributed by atoms with van der Waals surface area (Å²) < 4.78 is 5.11. The first-order valence-corrected chi connectivity index (χ1v) is 9.21. The van der Waals surface area contributed by atoms with Crippen LogP contribution in [0.15, 0.2) is 59.7 Å². The van der Waals surface area contributed by atoms with E-state index >= 15 is 0 Å². The zero-order valence-electron chi connectivity index (χ0n) is 16.2. The maximum absolute atomic E-state index is 12.2. The first kappa shape index (κ1) is 20.5. The number of hydrogen-bond acceptors (Lipinski definition) is 4. The number of benzene rings is 2. The summed E-state index contributed by atoms with van der Waals surface area (Å²) in [6.07, 6.45) is 0.758. The van der Waals surface area contributed by atoms with E-state index in [1.807, 2.05) is 30.3 Å². The Hall–Kier alpha value is -2.86. The molecule has 0 fully saturated rings. The van der Waals surface area contributed by atoms with Crippen LogP contribution in [0.3, 0.4) is 0 Å².